The molecule has 0 fully saturated rings. The quantitative estimate of drug-likeness (QED) is 0.601. The number of nitrogens with zero attached hydrogens (tertiary/aromatic N) is 2. The fourth-order valence-electron chi connectivity index (χ4n) is 1.41. The highest BCUT2D eigenvalue weighted by Gasteiger charge is 2.27. The Labute approximate surface area is 123 Å². The van der Waals surface area contributed by atoms with E-state index in [-0.39, 0.29) is 13.0 Å². The van der Waals surface area contributed by atoms with Crippen LogP contribution in [0.15, 0.2) is 0 Å². The van der Waals surface area contributed by atoms with Crippen LogP contribution in [0, 0.1) is 3.57 Å². The van der Waals surface area contributed by atoms with Gasteiger partial charge in [0.25, 0.3) is 0 Å². The van der Waals surface area contributed by atoms with Gasteiger partial charge in [-0.3, -0.25) is 0 Å². The first-order chi connectivity index (χ1) is 8.87. The molecule has 0 aromatic carbocycles. The van der Waals surface area contributed by atoms with Gasteiger partial charge in [0, 0.05) is 13.5 Å². The first-order valence-corrected chi connectivity index (χ1v) is 6.82. The summed E-state index contributed by atoms with van der Waals surface area (Å²) in [5.74, 6) is 1.18. The highest BCUT2D eigenvalue weighted by atomic mass is 127. The Kier molecular flexibility index (Phi) is 6.24. The highest BCUT2D eigenvalue weighted by Crippen LogP contribution is 2.19. The summed E-state index contributed by atoms with van der Waals surface area (Å²) in [6, 6.07) is 0. The Bertz CT molecular complexity index is 401. The van der Waals surface area contributed by atoms with Gasteiger partial charge in [-0.2, -0.15) is 13.2 Å². The molecule has 0 aliphatic heterocycles. The Morgan fingerprint density at radius 2 is 2.00 bits per heavy atom. The van der Waals surface area contributed by atoms with Crippen molar-refractivity contribution in [3.05, 3.63) is 15.1 Å². The molecular formula is C11H15F3IN3O. The zero-order chi connectivity index (χ0) is 14.5. The van der Waals surface area contributed by atoms with Gasteiger partial charge in [0.15, 0.2) is 0 Å². The van der Waals surface area contributed by atoms with Gasteiger partial charge in [0.1, 0.15) is 18.2 Å². The normalized spacial score (nSPS) is 11.7. The van der Waals surface area contributed by atoms with E-state index in [4.69, 9.17) is 0 Å². The molecular weight excluding hydrogens is 374 g/mol. The molecule has 0 bridgehead atoms. The van der Waals surface area contributed by atoms with E-state index < -0.39 is 12.8 Å². The molecule has 0 aliphatic carbocycles. The molecule has 0 aliphatic rings. The van der Waals surface area contributed by atoms with Crippen molar-refractivity contribution >= 4 is 28.4 Å². The number of nitrogens with one attached hydrogen (secondary N) is 1. The molecule has 19 heavy (non-hydrogen) atoms. The summed E-state index contributed by atoms with van der Waals surface area (Å²) >= 11 is 2.15. The first-order valence-electron chi connectivity index (χ1n) is 5.75. The smallest absolute Gasteiger partial charge is 0.372 e. The lowest BCUT2D eigenvalue weighted by atomic mass is 10.3. The number of alkyl halides is 3. The third-order valence-electron chi connectivity index (χ3n) is 2.27. The van der Waals surface area contributed by atoms with Crippen molar-refractivity contribution in [3.8, 4) is 0 Å². The van der Waals surface area contributed by atoms with Crippen molar-refractivity contribution in [2.75, 3.05) is 25.6 Å². The van der Waals surface area contributed by atoms with E-state index in [1.807, 2.05) is 6.92 Å². The molecule has 1 rings (SSSR count). The van der Waals surface area contributed by atoms with Gasteiger partial charge in [-0.1, -0.05) is 6.92 Å². The summed E-state index contributed by atoms with van der Waals surface area (Å²) in [6.45, 7) is 0.678. The maximum absolute atomic E-state index is 11.9. The number of ether oxygens (including phenoxy) is 1. The van der Waals surface area contributed by atoms with Crippen LogP contribution in [0.4, 0.5) is 19.0 Å². The van der Waals surface area contributed by atoms with Crippen molar-refractivity contribution < 1.29 is 17.9 Å². The van der Waals surface area contributed by atoms with Crippen LogP contribution in [-0.4, -0.2) is 36.4 Å². The molecule has 4 nitrogen and oxygen atoms in total. The van der Waals surface area contributed by atoms with E-state index in [1.165, 1.54) is 0 Å². The second-order valence-corrected chi connectivity index (χ2v) is 4.85. The van der Waals surface area contributed by atoms with Crippen molar-refractivity contribution in [3.63, 3.8) is 0 Å². The van der Waals surface area contributed by atoms with Crippen molar-refractivity contribution in [2.45, 2.75) is 25.9 Å². The zero-order valence-corrected chi connectivity index (χ0v) is 12.8. The fraction of sp³-hybridized carbons (Fsp3) is 0.636. The largest absolute Gasteiger partial charge is 0.411 e. The van der Waals surface area contributed by atoms with Crippen molar-refractivity contribution in [2.24, 2.45) is 0 Å². The van der Waals surface area contributed by atoms with Crippen LogP contribution >= 0.6 is 22.6 Å². The molecule has 0 saturated carbocycles. The maximum Gasteiger partial charge on any atom is 0.411 e. The molecule has 1 heterocycles. The number of aromatic nitrogens is 2. The minimum atomic E-state index is -4.29. The number of hydrogen-bond acceptors (Lipinski definition) is 4. The Hall–Kier alpha value is -0.640. The van der Waals surface area contributed by atoms with Gasteiger partial charge < -0.3 is 10.1 Å². The molecule has 1 aromatic heterocycles. The number of halogens is 4. The van der Waals surface area contributed by atoms with Crippen LogP contribution in [0.2, 0.25) is 0 Å². The second kappa shape index (κ2) is 7.22. The lowest BCUT2D eigenvalue weighted by Gasteiger charge is -2.11. The topological polar surface area (TPSA) is 47.0 Å². The molecule has 0 spiro atoms. The number of hydrogen-bond donors (Lipinski definition) is 1. The second-order valence-electron chi connectivity index (χ2n) is 3.77. The molecule has 0 atom stereocenters. The molecule has 1 N–H and O–H groups in total. The van der Waals surface area contributed by atoms with Gasteiger partial charge >= 0.3 is 6.18 Å². The van der Waals surface area contributed by atoms with Crippen LogP contribution in [0.5, 0.6) is 0 Å². The van der Waals surface area contributed by atoms with Crippen LogP contribution in [0.1, 0.15) is 18.4 Å². The van der Waals surface area contributed by atoms with Crippen LogP contribution in [-0.2, 0) is 17.6 Å². The van der Waals surface area contributed by atoms with Gasteiger partial charge in [-0.25, -0.2) is 9.97 Å². The Balaban J connectivity index is 2.63. The Morgan fingerprint density at radius 1 is 1.32 bits per heavy atom. The molecule has 0 radical (unpaired) electrons. The predicted molar refractivity (Wildman–Crippen MR) is 74.3 cm³/mol. The molecule has 8 heteroatoms. The fourth-order valence-corrected chi connectivity index (χ4v) is 2.30. The number of anilines is 1. The zero-order valence-electron chi connectivity index (χ0n) is 10.6. The molecule has 0 unspecified atom stereocenters. The third kappa shape index (κ3) is 5.47. The van der Waals surface area contributed by atoms with Crippen LogP contribution in [0.25, 0.3) is 0 Å². The molecule has 0 amide bonds. The number of rotatable bonds is 6. The summed E-state index contributed by atoms with van der Waals surface area (Å²) in [6.07, 6.45) is -3.29. The summed E-state index contributed by atoms with van der Waals surface area (Å²) in [4.78, 5) is 8.56. The van der Waals surface area contributed by atoms with Crippen molar-refractivity contribution in [1.82, 2.24) is 9.97 Å². The van der Waals surface area contributed by atoms with Crippen molar-refractivity contribution in [1.29, 1.82) is 0 Å². The van der Waals surface area contributed by atoms with Gasteiger partial charge in [-0.05, 0) is 29.0 Å². The lowest BCUT2D eigenvalue weighted by molar-refractivity contribution is -0.173. The van der Waals surface area contributed by atoms with E-state index in [1.54, 1.807) is 7.05 Å². The van der Waals surface area contributed by atoms with E-state index in [9.17, 15) is 13.2 Å². The van der Waals surface area contributed by atoms with Gasteiger partial charge in [0.2, 0.25) is 0 Å². The lowest BCUT2D eigenvalue weighted by Crippen LogP contribution is -2.18. The Morgan fingerprint density at radius 3 is 2.53 bits per heavy atom. The monoisotopic (exact) mass is 389 g/mol. The predicted octanol–water partition coefficient (Wildman–Crippen LogP) is 2.81. The van der Waals surface area contributed by atoms with E-state index >= 15 is 0 Å². The summed E-state index contributed by atoms with van der Waals surface area (Å²) in [7, 11) is 1.74. The van der Waals surface area contributed by atoms with E-state index in [0.29, 0.717) is 11.6 Å². The minimum absolute atomic E-state index is 0.0492. The average Bonchev–Trinajstić information content (AvgIpc) is 2.35. The SMILES string of the molecule is CCc1nc(CCOCC(F)(F)F)nc(NC)c1I. The first kappa shape index (κ1) is 16.4. The summed E-state index contributed by atoms with van der Waals surface area (Å²) in [5.41, 5.74) is 0.880. The molecule has 108 valence electrons. The molecule has 1 aromatic rings. The standard InChI is InChI=1S/C11H15F3IN3O/c1-3-7-9(15)10(16-2)18-8(17-7)4-5-19-6-11(12,13)14/h3-6H2,1-2H3,(H,16,17,18). The maximum atomic E-state index is 11.9. The van der Waals surface area contributed by atoms with Gasteiger partial charge in [0.05, 0.1) is 15.9 Å². The van der Waals surface area contributed by atoms with E-state index in [2.05, 4.69) is 42.6 Å². The highest BCUT2D eigenvalue weighted by molar-refractivity contribution is 14.1. The van der Waals surface area contributed by atoms with E-state index in [0.717, 1.165) is 15.7 Å². The van der Waals surface area contributed by atoms with Crippen LogP contribution in [0.3, 0.4) is 0 Å². The minimum Gasteiger partial charge on any atom is -0.372 e. The average molecular weight is 389 g/mol. The third-order valence-corrected chi connectivity index (χ3v) is 3.41. The summed E-state index contributed by atoms with van der Waals surface area (Å²) in [5, 5.41) is 2.95. The number of aryl methyl sites for hydroxylation is 1. The van der Waals surface area contributed by atoms with Crippen LogP contribution < -0.4 is 5.32 Å². The summed E-state index contributed by atoms with van der Waals surface area (Å²) < 4.78 is 41.2. The van der Waals surface area contributed by atoms with Gasteiger partial charge in [-0.15, -0.1) is 0 Å². The molecule has 0 saturated heterocycles.